The number of furan rings is 1. The van der Waals surface area contributed by atoms with E-state index in [1.165, 1.54) is 0 Å². The third-order valence-corrected chi connectivity index (χ3v) is 9.78. The van der Waals surface area contributed by atoms with E-state index in [2.05, 4.69) is 135 Å². The molecule has 0 saturated heterocycles. The third-order valence-electron chi connectivity index (χ3n) is 9.78. The molecule has 0 saturated carbocycles. The van der Waals surface area contributed by atoms with Crippen molar-refractivity contribution in [3.8, 4) is 28.6 Å². The zero-order chi connectivity index (χ0) is 32.6. The molecule has 3 heterocycles. The molecule has 10 rings (SSSR count). The van der Waals surface area contributed by atoms with E-state index in [0.29, 0.717) is 16.8 Å². The first-order chi connectivity index (χ1) is 24.2. The maximum absolute atomic E-state index is 9.70. The first-order valence-corrected chi connectivity index (χ1v) is 16.1. The van der Waals surface area contributed by atoms with E-state index < -0.39 is 0 Å². The lowest BCUT2D eigenvalue weighted by Gasteiger charge is -2.18. The minimum atomic E-state index is 0.515. The highest BCUT2D eigenvalue weighted by Gasteiger charge is 2.22. The zero-order valence-electron chi connectivity index (χ0n) is 26.1. The second-order valence-electron chi connectivity index (χ2n) is 12.3. The first-order valence-electron chi connectivity index (χ1n) is 16.1. The molecule has 0 N–H and O–H groups in total. The Hall–Kier alpha value is -7.08. The summed E-state index contributed by atoms with van der Waals surface area (Å²) in [5, 5.41) is 15.9. The Morgan fingerprint density at radius 1 is 0.510 bits per heavy atom. The molecule has 5 heteroatoms. The maximum atomic E-state index is 9.70. The van der Waals surface area contributed by atoms with Gasteiger partial charge in [0.1, 0.15) is 11.2 Å². The molecular weight excluding hydrogens is 601 g/mol. The minimum absolute atomic E-state index is 0.515. The van der Waals surface area contributed by atoms with Crippen molar-refractivity contribution in [2.24, 2.45) is 0 Å². The smallest absolute Gasteiger partial charge is 0.229 e. The molecule has 226 valence electrons. The highest BCUT2D eigenvalue weighted by atomic mass is 16.3. The molecular formula is C44H24N4O. The minimum Gasteiger partial charge on any atom is -0.466 e. The lowest BCUT2D eigenvalue weighted by molar-refractivity contribution is 0.675. The Bertz CT molecular complexity index is 3090. The molecule has 0 aliphatic carbocycles. The summed E-state index contributed by atoms with van der Waals surface area (Å²) in [6, 6.07) is 52.3. The van der Waals surface area contributed by atoms with Gasteiger partial charge in [0, 0.05) is 38.1 Å². The molecule has 0 spiro atoms. The van der Waals surface area contributed by atoms with Gasteiger partial charge in [-0.1, -0.05) is 91.0 Å². The Morgan fingerprint density at radius 3 is 1.82 bits per heavy atom. The number of benzene rings is 7. The van der Waals surface area contributed by atoms with Crippen LogP contribution >= 0.6 is 0 Å². The number of para-hydroxylation sites is 5. The van der Waals surface area contributed by atoms with Crippen molar-refractivity contribution in [2.75, 3.05) is 0 Å². The van der Waals surface area contributed by atoms with E-state index >= 15 is 0 Å². The van der Waals surface area contributed by atoms with Crippen LogP contribution in [0.2, 0.25) is 0 Å². The van der Waals surface area contributed by atoms with Crippen molar-refractivity contribution in [3.05, 3.63) is 163 Å². The van der Waals surface area contributed by atoms with E-state index in [1.807, 2.05) is 30.3 Å². The average Bonchev–Trinajstić information content (AvgIpc) is 3.82. The van der Waals surface area contributed by atoms with Crippen molar-refractivity contribution in [1.29, 1.82) is 5.26 Å². The van der Waals surface area contributed by atoms with E-state index in [4.69, 9.17) is 11.0 Å². The number of nitriles is 1. The second kappa shape index (κ2) is 10.2. The number of hydrogen-bond acceptors (Lipinski definition) is 2. The third kappa shape index (κ3) is 3.73. The van der Waals surface area contributed by atoms with Crippen molar-refractivity contribution in [1.82, 2.24) is 9.13 Å². The fourth-order valence-corrected chi connectivity index (χ4v) is 7.74. The van der Waals surface area contributed by atoms with Gasteiger partial charge in [-0.25, -0.2) is 4.85 Å². The standard InChI is InChI=1S/C44H24N4O/c1-46-35-16-10-15-31-32-22-24-41-42(44(32)49-43(31)35)33-14-5-9-20-39(33)48(41)37-18-7-3-12-29(37)28-11-2-6-17-36(28)47-38-19-8-4-13-30(38)34-25-27(26-45)21-23-40(34)47/h2-25H. The van der Waals surface area contributed by atoms with Crippen LogP contribution in [0.25, 0.3) is 92.9 Å². The molecule has 0 bridgehead atoms. The van der Waals surface area contributed by atoms with Gasteiger partial charge in [0.25, 0.3) is 0 Å². The number of hydrogen-bond donors (Lipinski definition) is 0. The molecule has 0 unspecified atom stereocenters. The summed E-state index contributed by atoms with van der Waals surface area (Å²) in [4.78, 5) is 3.74. The molecule has 5 nitrogen and oxygen atoms in total. The quantitative estimate of drug-likeness (QED) is 0.184. The van der Waals surface area contributed by atoms with Gasteiger partial charge in [0.2, 0.25) is 5.69 Å². The molecule has 10 aromatic rings. The normalized spacial score (nSPS) is 11.6. The van der Waals surface area contributed by atoms with Gasteiger partial charge in [-0.15, -0.1) is 0 Å². The van der Waals surface area contributed by atoms with Crippen molar-refractivity contribution in [2.45, 2.75) is 0 Å². The second-order valence-corrected chi connectivity index (χ2v) is 12.3. The first kappa shape index (κ1) is 27.1. The summed E-state index contributed by atoms with van der Waals surface area (Å²) >= 11 is 0. The molecule has 3 aromatic heterocycles. The summed E-state index contributed by atoms with van der Waals surface area (Å²) in [5.74, 6) is 0. The molecule has 0 aliphatic rings. The summed E-state index contributed by atoms with van der Waals surface area (Å²) in [6.45, 7) is 7.74. The van der Waals surface area contributed by atoms with Crippen molar-refractivity contribution >= 4 is 71.2 Å². The van der Waals surface area contributed by atoms with Crippen LogP contribution < -0.4 is 0 Å². The fraction of sp³-hybridized carbons (Fsp3) is 0. The summed E-state index contributed by atoms with van der Waals surface area (Å²) in [7, 11) is 0. The maximum Gasteiger partial charge on any atom is 0.229 e. The van der Waals surface area contributed by atoms with Crippen LogP contribution in [-0.4, -0.2) is 9.13 Å². The van der Waals surface area contributed by atoms with E-state index in [1.54, 1.807) is 0 Å². The van der Waals surface area contributed by atoms with Crippen LogP contribution in [0.4, 0.5) is 5.69 Å². The largest absolute Gasteiger partial charge is 0.466 e. The molecule has 0 radical (unpaired) electrons. The Labute approximate surface area is 280 Å². The number of aromatic nitrogens is 2. The van der Waals surface area contributed by atoms with Gasteiger partial charge < -0.3 is 13.6 Å². The Balaban J connectivity index is 1.28. The fourth-order valence-electron chi connectivity index (χ4n) is 7.74. The SMILES string of the molecule is [C-]#[N+]c1cccc2c1oc1c2ccc2c1c1ccccc1n2-c1ccccc1-c1ccccc1-n1c2ccccc2c2cc(C#N)ccc21. The van der Waals surface area contributed by atoms with Gasteiger partial charge in [-0.05, 0) is 54.6 Å². The Kier molecular flexibility index (Phi) is 5.64. The van der Waals surface area contributed by atoms with Crippen molar-refractivity contribution < 1.29 is 4.42 Å². The predicted molar refractivity (Wildman–Crippen MR) is 199 cm³/mol. The van der Waals surface area contributed by atoms with Gasteiger partial charge in [-0.2, -0.15) is 5.26 Å². The molecule has 7 aromatic carbocycles. The van der Waals surface area contributed by atoms with E-state index in [9.17, 15) is 5.26 Å². The molecule has 0 amide bonds. The average molecular weight is 625 g/mol. The summed E-state index contributed by atoms with van der Waals surface area (Å²) in [6.07, 6.45) is 0. The van der Waals surface area contributed by atoms with Gasteiger partial charge in [0.15, 0.2) is 0 Å². The predicted octanol–water partition coefficient (Wildman–Crippen LogP) is 11.9. The van der Waals surface area contributed by atoms with Gasteiger partial charge >= 0.3 is 0 Å². The van der Waals surface area contributed by atoms with Crippen LogP contribution in [0.5, 0.6) is 0 Å². The molecule has 0 atom stereocenters. The molecule has 0 fully saturated rings. The van der Waals surface area contributed by atoms with Crippen LogP contribution in [0.1, 0.15) is 5.56 Å². The monoisotopic (exact) mass is 624 g/mol. The van der Waals surface area contributed by atoms with Gasteiger partial charge in [-0.3, -0.25) is 0 Å². The lowest BCUT2D eigenvalue weighted by Crippen LogP contribution is -2.01. The number of fused-ring (bicyclic) bond motifs is 10. The van der Waals surface area contributed by atoms with Crippen LogP contribution in [0.15, 0.2) is 150 Å². The van der Waals surface area contributed by atoms with E-state index in [0.717, 1.165) is 82.5 Å². The van der Waals surface area contributed by atoms with Crippen LogP contribution in [0.3, 0.4) is 0 Å². The number of rotatable bonds is 3. The topological polar surface area (TPSA) is 51.1 Å². The van der Waals surface area contributed by atoms with Gasteiger partial charge in [0.05, 0.1) is 57.0 Å². The summed E-state index contributed by atoms with van der Waals surface area (Å²) < 4.78 is 11.2. The highest BCUT2D eigenvalue weighted by molar-refractivity contribution is 6.25. The van der Waals surface area contributed by atoms with Crippen LogP contribution in [-0.2, 0) is 0 Å². The van der Waals surface area contributed by atoms with Crippen LogP contribution in [0, 0.1) is 17.9 Å². The molecule has 0 aliphatic heterocycles. The number of nitrogens with zero attached hydrogens (tertiary/aromatic N) is 4. The highest BCUT2D eigenvalue weighted by Crippen LogP contribution is 2.44. The summed E-state index contributed by atoms with van der Waals surface area (Å²) in [5.41, 5.74) is 11.1. The lowest BCUT2D eigenvalue weighted by atomic mass is 10.0. The van der Waals surface area contributed by atoms with Crippen molar-refractivity contribution in [3.63, 3.8) is 0 Å². The van der Waals surface area contributed by atoms with E-state index in [-0.39, 0.29) is 0 Å². The molecule has 49 heavy (non-hydrogen) atoms. The zero-order valence-corrected chi connectivity index (χ0v) is 26.1. The Morgan fingerprint density at radius 2 is 1.08 bits per heavy atom.